The normalized spacial score (nSPS) is 17.6. The third-order valence-electron chi connectivity index (χ3n) is 4.19. The smallest absolute Gasteiger partial charge is 0.0996 e. The van der Waals surface area contributed by atoms with Crippen molar-refractivity contribution in [1.29, 1.82) is 0 Å². The topological polar surface area (TPSA) is 21.1 Å². The van der Waals surface area contributed by atoms with Crippen LogP contribution in [0.4, 0.5) is 5.69 Å². The second kappa shape index (κ2) is 4.12. The molecule has 1 unspecified atom stereocenters. The van der Waals surface area contributed by atoms with E-state index in [1.807, 2.05) is 11.7 Å². The molecule has 0 N–H and O–H groups in total. The average Bonchev–Trinajstić information content (AvgIpc) is 2.77. The van der Waals surface area contributed by atoms with E-state index in [0.717, 1.165) is 5.69 Å². The van der Waals surface area contributed by atoms with Crippen LogP contribution in [0.5, 0.6) is 0 Å². The Morgan fingerprint density at radius 3 is 2.63 bits per heavy atom. The lowest BCUT2D eigenvalue weighted by molar-refractivity contribution is 0.718. The number of aryl methyl sites for hydroxylation is 1. The highest BCUT2D eigenvalue weighted by Crippen LogP contribution is 2.46. The van der Waals surface area contributed by atoms with Gasteiger partial charge in [-0.15, -0.1) is 0 Å². The fraction of sp³-hybridized carbons (Fsp3) is 0.438. The van der Waals surface area contributed by atoms with E-state index in [1.165, 1.54) is 22.4 Å². The third kappa shape index (κ3) is 1.68. The summed E-state index contributed by atoms with van der Waals surface area (Å²) in [6.07, 6.45) is 2.14. The Hall–Kier alpha value is -1.77. The number of rotatable bonds is 1. The van der Waals surface area contributed by atoms with E-state index in [1.54, 1.807) is 0 Å². The van der Waals surface area contributed by atoms with Crippen molar-refractivity contribution in [3.05, 3.63) is 35.5 Å². The molecule has 19 heavy (non-hydrogen) atoms. The van der Waals surface area contributed by atoms with Crippen molar-refractivity contribution in [2.45, 2.75) is 32.7 Å². The fourth-order valence-electron chi connectivity index (χ4n) is 3.04. The maximum atomic E-state index is 4.67. The molecule has 0 saturated heterocycles. The number of fused-ring (bicyclic) bond motifs is 3. The van der Waals surface area contributed by atoms with Crippen LogP contribution < -0.4 is 4.90 Å². The average molecular weight is 255 g/mol. The minimum Gasteiger partial charge on any atom is -0.367 e. The Bertz CT molecular complexity index is 625. The number of aromatic nitrogens is 2. The molecule has 2 heterocycles. The van der Waals surface area contributed by atoms with Gasteiger partial charge >= 0.3 is 0 Å². The molecule has 1 aromatic carbocycles. The SMILES string of the molecule is CC(C)c1cccc2c1N(C)C(C)c1cn(C)nc1-2. The largest absolute Gasteiger partial charge is 0.367 e. The van der Waals surface area contributed by atoms with Crippen molar-refractivity contribution in [2.75, 3.05) is 11.9 Å². The van der Waals surface area contributed by atoms with Crippen molar-refractivity contribution >= 4 is 5.69 Å². The van der Waals surface area contributed by atoms with Crippen molar-refractivity contribution in [3.63, 3.8) is 0 Å². The van der Waals surface area contributed by atoms with Gasteiger partial charge in [0.25, 0.3) is 0 Å². The van der Waals surface area contributed by atoms with Crippen molar-refractivity contribution < 1.29 is 0 Å². The van der Waals surface area contributed by atoms with Gasteiger partial charge in [0.2, 0.25) is 0 Å². The van der Waals surface area contributed by atoms with Crippen LogP contribution in [0.1, 0.15) is 43.9 Å². The summed E-state index contributed by atoms with van der Waals surface area (Å²) in [5.74, 6) is 0.523. The molecule has 0 radical (unpaired) electrons. The minimum atomic E-state index is 0.371. The van der Waals surface area contributed by atoms with Crippen LogP contribution in [-0.2, 0) is 7.05 Å². The van der Waals surface area contributed by atoms with Crippen LogP contribution >= 0.6 is 0 Å². The fourth-order valence-corrected chi connectivity index (χ4v) is 3.04. The summed E-state index contributed by atoms with van der Waals surface area (Å²) in [5.41, 5.74) is 6.48. The van der Waals surface area contributed by atoms with Gasteiger partial charge in [0.1, 0.15) is 0 Å². The van der Waals surface area contributed by atoms with Gasteiger partial charge in [-0.1, -0.05) is 32.0 Å². The molecule has 1 aromatic heterocycles. The summed E-state index contributed by atoms with van der Waals surface area (Å²) in [5, 5.41) is 4.67. The number of benzene rings is 1. The first kappa shape index (κ1) is 12.3. The zero-order valence-corrected chi connectivity index (χ0v) is 12.3. The van der Waals surface area contributed by atoms with Crippen molar-refractivity contribution in [1.82, 2.24) is 9.78 Å². The Morgan fingerprint density at radius 1 is 1.21 bits per heavy atom. The Morgan fingerprint density at radius 2 is 1.95 bits per heavy atom. The molecule has 3 rings (SSSR count). The summed E-state index contributed by atoms with van der Waals surface area (Å²) >= 11 is 0. The van der Waals surface area contributed by atoms with E-state index < -0.39 is 0 Å². The number of nitrogens with zero attached hydrogens (tertiary/aromatic N) is 3. The number of anilines is 1. The van der Waals surface area contributed by atoms with Crippen molar-refractivity contribution in [3.8, 4) is 11.3 Å². The Labute approximate surface area is 114 Å². The monoisotopic (exact) mass is 255 g/mol. The van der Waals surface area contributed by atoms with Crippen LogP contribution in [0.2, 0.25) is 0 Å². The molecule has 1 aliphatic rings. The van der Waals surface area contributed by atoms with Gasteiger partial charge in [-0.2, -0.15) is 5.10 Å². The van der Waals surface area contributed by atoms with Crippen LogP contribution in [0.25, 0.3) is 11.3 Å². The van der Waals surface area contributed by atoms with Crippen molar-refractivity contribution in [2.24, 2.45) is 7.05 Å². The molecule has 0 amide bonds. The van der Waals surface area contributed by atoms with Crippen LogP contribution in [0.15, 0.2) is 24.4 Å². The van der Waals surface area contributed by atoms with Gasteiger partial charge < -0.3 is 4.90 Å². The summed E-state index contributed by atoms with van der Waals surface area (Å²) in [7, 11) is 4.18. The highest BCUT2D eigenvalue weighted by atomic mass is 15.3. The lowest BCUT2D eigenvalue weighted by Gasteiger charge is -2.35. The lowest BCUT2D eigenvalue weighted by Crippen LogP contribution is -2.27. The quantitative estimate of drug-likeness (QED) is 0.774. The zero-order chi connectivity index (χ0) is 13.7. The summed E-state index contributed by atoms with van der Waals surface area (Å²) in [6, 6.07) is 6.95. The number of para-hydroxylation sites is 1. The van der Waals surface area contributed by atoms with Gasteiger partial charge in [0.15, 0.2) is 0 Å². The zero-order valence-electron chi connectivity index (χ0n) is 12.3. The molecule has 3 heteroatoms. The molecule has 1 aliphatic heterocycles. The molecule has 0 fully saturated rings. The van der Waals surface area contributed by atoms with Crippen LogP contribution in [-0.4, -0.2) is 16.8 Å². The number of hydrogen-bond acceptors (Lipinski definition) is 2. The Kier molecular flexibility index (Phi) is 2.66. The first-order valence-corrected chi connectivity index (χ1v) is 6.90. The van der Waals surface area contributed by atoms with E-state index in [0.29, 0.717) is 12.0 Å². The molecule has 2 aromatic rings. The highest BCUT2D eigenvalue weighted by molar-refractivity contribution is 5.84. The van der Waals surface area contributed by atoms with E-state index in [2.05, 4.69) is 62.2 Å². The van der Waals surface area contributed by atoms with Gasteiger partial charge in [0.05, 0.1) is 11.7 Å². The molecular weight excluding hydrogens is 234 g/mol. The first-order valence-electron chi connectivity index (χ1n) is 6.90. The predicted octanol–water partition coefficient (Wildman–Crippen LogP) is 3.72. The molecule has 0 bridgehead atoms. The highest BCUT2D eigenvalue weighted by Gasteiger charge is 2.30. The van der Waals surface area contributed by atoms with Gasteiger partial charge in [0, 0.05) is 37.1 Å². The van der Waals surface area contributed by atoms with Gasteiger partial charge in [-0.05, 0) is 18.4 Å². The first-order chi connectivity index (χ1) is 9.00. The second-order valence-corrected chi connectivity index (χ2v) is 5.79. The maximum Gasteiger partial charge on any atom is 0.0996 e. The maximum absolute atomic E-state index is 4.67. The standard InChI is InChI=1S/C16H21N3/c1-10(2)12-7-6-8-13-15-14(9-18(4)17-15)11(3)19(5)16(12)13/h6-11H,1-5H3. The summed E-state index contributed by atoms with van der Waals surface area (Å²) < 4.78 is 1.92. The molecular formula is C16H21N3. The minimum absolute atomic E-state index is 0.371. The van der Waals surface area contributed by atoms with E-state index in [4.69, 9.17) is 0 Å². The third-order valence-corrected chi connectivity index (χ3v) is 4.19. The van der Waals surface area contributed by atoms with Gasteiger partial charge in [-0.3, -0.25) is 4.68 Å². The van der Waals surface area contributed by atoms with Crippen LogP contribution in [0.3, 0.4) is 0 Å². The molecule has 1 atom stereocenters. The molecule has 0 aliphatic carbocycles. The summed E-state index contributed by atoms with van der Waals surface area (Å²) in [6.45, 7) is 6.75. The molecule has 0 saturated carbocycles. The van der Waals surface area contributed by atoms with E-state index in [9.17, 15) is 0 Å². The summed E-state index contributed by atoms with van der Waals surface area (Å²) in [4.78, 5) is 2.38. The Balaban J connectivity index is 2.32. The van der Waals surface area contributed by atoms with E-state index in [-0.39, 0.29) is 0 Å². The van der Waals surface area contributed by atoms with Crippen LogP contribution in [0, 0.1) is 0 Å². The lowest BCUT2D eigenvalue weighted by atomic mass is 9.89. The van der Waals surface area contributed by atoms with E-state index >= 15 is 0 Å². The molecule has 3 nitrogen and oxygen atoms in total. The van der Waals surface area contributed by atoms with Gasteiger partial charge in [-0.25, -0.2) is 0 Å². The molecule has 100 valence electrons. The predicted molar refractivity (Wildman–Crippen MR) is 79.6 cm³/mol. The molecule has 0 spiro atoms. The second-order valence-electron chi connectivity index (χ2n) is 5.79. The number of hydrogen-bond donors (Lipinski definition) is 0.